The molecule has 0 saturated carbocycles. The molecule has 1 nitrogen and oxygen atoms in total. The van der Waals surface area contributed by atoms with Gasteiger partial charge in [0.15, 0.2) is 0 Å². The minimum Gasteiger partial charge on any atom is -0.286 e. The average Bonchev–Trinajstić information content (AvgIpc) is 1.93. The highest BCUT2D eigenvalue weighted by Crippen LogP contribution is 2.08. The van der Waals surface area contributed by atoms with Gasteiger partial charge >= 0.3 is 0 Å². The molecule has 0 atom stereocenters. The van der Waals surface area contributed by atoms with E-state index in [1.54, 1.807) is 18.2 Å². The van der Waals surface area contributed by atoms with Crippen molar-refractivity contribution >= 4 is 20.6 Å². The molecule has 11 heavy (non-hydrogen) atoms. The van der Waals surface area contributed by atoms with Gasteiger partial charge in [-0.15, -0.1) is 0 Å². The maximum Gasteiger partial charge on any atom is 0.202 e. The van der Waals surface area contributed by atoms with Crippen molar-refractivity contribution in [3.8, 4) is 0 Å². The lowest BCUT2D eigenvalue weighted by Gasteiger charge is -1.96. The maximum atomic E-state index is 12.8. The first-order valence-electron chi connectivity index (χ1n) is 3.12. The predicted molar refractivity (Wildman–Crippen MR) is 44.0 cm³/mol. The van der Waals surface area contributed by atoms with Crippen LogP contribution in [0.1, 0.15) is 5.56 Å². The van der Waals surface area contributed by atoms with Crippen LogP contribution in [0.4, 0.5) is 4.39 Å². The summed E-state index contributed by atoms with van der Waals surface area (Å²) in [7, 11) is 0. The van der Waals surface area contributed by atoms with Gasteiger partial charge in [0, 0.05) is 6.42 Å². The van der Waals surface area contributed by atoms with E-state index in [9.17, 15) is 9.18 Å². The van der Waals surface area contributed by atoms with E-state index < -0.39 is 0 Å². The van der Waals surface area contributed by atoms with Crippen molar-refractivity contribution in [3.05, 3.63) is 35.6 Å². The smallest absolute Gasteiger partial charge is 0.202 e. The van der Waals surface area contributed by atoms with Crippen molar-refractivity contribution in [2.45, 2.75) is 6.42 Å². The third-order valence-electron chi connectivity index (χ3n) is 1.29. The third kappa shape index (κ3) is 2.42. The predicted octanol–water partition coefficient (Wildman–Crippen LogP) is 2.29. The van der Waals surface area contributed by atoms with Crippen LogP contribution in [0.5, 0.6) is 0 Å². The molecule has 1 aromatic carbocycles. The molecule has 1 rings (SSSR count). The van der Waals surface area contributed by atoms with Crippen LogP contribution in [0.15, 0.2) is 24.3 Å². The Balaban J connectivity index is 2.86. The molecule has 0 aromatic heterocycles. The molecule has 0 aliphatic heterocycles. The monoisotopic (exact) mass is 216 g/mol. The summed E-state index contributed by atoms with van der Waals surface area (Å²) in [6.45, 7) is 0. The highest BCUT2D eigenvalue weighted by molar-refractivity contribution is 9.18. The van der Waals surface area contributed by atoms with Gasteiger partial charge in [-0.3, -0.25) is 4.79 Å². The molecule has 58 valence electrons. The zero-order chi connectivity index (χ0) is 8.27. The molecule has 0 spiro atoms. The van der Waals surface area contributed by atoms with Crippen LogP contribution in [0.25, 0.3) is 0 Å². The Morgan fingerprint density at radius 1 is 1.45 bits per heavy atom. The summed E-state index contributed by atoms with van der Waals surface area (Å²) in [6.07, 6.45) is 0.104. The fourth-order valence-electron chi connectivity index (χ4n) is 0.791. The Bertz CT molecular complexity index is 273. The van der Waals surface area contributed by atoms with Gasteiger partial charge in [-0.05, 0) is 27.6 Å². The van der Waals surface area contributed by atoms with Crippen LogP contribution in [0, 0.1) is 5.82 Å². The van der Waals surface area contributed by atoms with E-state index in [1.165, 1.54) is 6.07 Å². The van der Waals surface area contributed by atoms with E-state index in [2.05, 4.69) is 15.9 Å². The summed E-state index contributed by atoms with van der Waals surface area (Å²) in [5.41, 5.74) is 0.425. The number of halogens is 2. The van der Waals surface area contributed by atoms with Gasteiger partial charge in [0.2, 0.25) is 4.69 Å². The van der Waals surface area contributed by atoms with Gasteiger partial charge in [-0.2, -0.15) is 0 Å². The molecule has 0 unspecified atom stereocenters. The lowest BCUT2D eigenvalue weighted by atomic mass is 10.1. The number of hydrogen-bond acceptors (Lipinski definition) is 1. The van der Waals surface area contributed by atoms with E-state index in [-0.39, 0.29) is 16.9 Å². The fraction of sp³-hybridized carbons (Fsp3) is 0.125. The molecule has 0 radical (unpaired) electrons. The van der Waals surface area contributed by atoms with Crippen molar-refractivity contribution in [1.82, 2.24) is 0 Å². The Labute approximate surface area is 72.4 Å². The van der Waals surface area contributed by atoms with Crippen molar-refractivity contribution in [2.75, 3.05) is 0 Å². The molecule has 0 saturated heterocycles. The highest BCUT2D eigenvalue weighted by atomic mass is 79.9. The van der Waals surface area contributed by atoms with Crippen LogP contribution < -0.4 is 0 Å². The summed E-state index contributed by atoms with van der Waals surface area (Å²) >= 11 is 2.74. The third-order valence-corrected chi connectivity index (χ3v) is 1.57. The second kappa shape index (κ2) is 3.62. The largest absolute Gasteiger partial charge is 0.286 e. The first kappa shape index (κ1) is 8.40. The van der Waals surface area contributed by atoms with Gasteiger partial charge in [0.25, 0.3) is 0 Å². The molecule has 0 bridgehead atoms. The van der Waals surface area contributed by atoms with Gasteiger partial charge < -0.3 is 0 Å². The van der Waals surface area contributed by atoms with E-state index in [0.29, 0.717) is 5.56 Å². The zero-order valence-corrected chi connectivity index (χ0v) is 7.27. The van der Waals surface area contributed by atoms with Crippen molar-refractivity contribution in [3.63, 3.8) is 0 Å². The standard InChI is InChI=1S/C8H6BrFO/c9-8(11)5-6-3-1-2-4-7(6)10/h1-4H,5H2. The van der Waals surface area contributed by atoms with Crippen molar-refractivity contribution in [2.24, 2.45) is 0 Å². The highest BCUT2D eigenvalue weighted by Gasteiger charge is 2.03. The maximum absolute atomic E-state index is 12.8. The number of carbonyl (C=O) groups is 1. The molecular formula is C8H6BrFO. The second-order valence-corrected chi connectivity index (χ2v) is 3.01. The summed E-state index contributed by atoms with van der Waals surface area (Å²) < 4.78 is 12.6. The van der Waals surface area contributed by atoms with E-state index in [4.69, 9.17) is 0 Å². The fourth-order valence-corrected chi connectivity index (χ4v) is 1.09. The quantitative estimate of drug-likeness (QED) is 0.694. The second-order valence-electron chi connectivity index (χ2n) is 2.12. The Kier molecular flexibility index (Phi) is 2.76. The van der Waals surface area contributed by atoms with E-state index in [0.717, 1.165) is 0 Å². The topological polar surface area (TPSA) is 17.1 Å². The van der Waals surface area contributed by atoms with Gasteiger partial charge in [0.05, 0.1) is 0 Å². The van der Waals surface area contributed by atoms with Crippen molar-refractivity contribution < 1.29 is 9.18 Å². The van der Waals surface area contributed by atoms with Crippen molar-refractivity contribution in [1.29, 1.82) is 0 Å². The molecule has 0 aliphatic rings. The number of rotatable bonds is 2. The summed E-state index contributed by atoms with van der Waals surface area (Å²) in [4.78, 5) is 10.5. The lowest BCUT2D eigenvalue weighted by Crippen LogP contribution is -1.95. The number of carbonyl (C=O) groups excluding carboxylic acids is 1. The molecule has 0 N–H and O–H groups in total. The lowest BCUT2D eigenvalue weighted by molar-refractivity contribution is -0.109. The zero-order valence-electron chi connectivity index (χ0n) is 5.68. The first-order chi connectivity index (χ1) is 5.20. The van der Waals surface area contributed by atoms with Gasteiger partial charge in [-0.25, -0.2) is 4.39 Å². The number of benzene rings is 1. The average molecular weight is 217 g/mol. The van der Waals surface area contributed by atoms with Crippen LogP contribution in [-0.2, 0) is 11.2 Å². The Hall–Kier alpha value is -0.700. The molecular weight excluding hydrogens is 211 g/mol. The minimum atomic E-state index is -0.333. The van der Waals surface area contributed by atoms with Crippen LogP contribution in [0.3, 0.4) is 0 Å². The van der Waals surface area contributed by atoms with E-state index >= 15 is 0 Å². The summed E-state index contributed by atoms with van der Waals surface area (Å²) in [5, 5.41) is 0. The number of hydrogen-bond donors (Lipinski definition) is 0. The molecule has 0 heterocycles. The van der Waals surface area contributed by atoms with Crippen LogP contribution >= 0.6 is 15.9 Å². The minimum absolute atomic E-state index is 0.104. The SMILES string of the molecule is O=C(Br)Cc1ccccc1F. The molecule has 0 fully saturated rings. The van der Waals surface area contributed by atoms with E-state index in [1.807, 2.05) is 0 Å². The van der Waals surface area contributed by atoms with Crippen LogP contribution in [0.2, 0.25) is 0 Å². The molecule has 0 amide bonds. The molecule has 0 aliphatic carbocycles. The Morgan fingerprint density at radius 2 is 2.09 bits per heavy atom. The molecule has 1 aromatic rings. The van der Waals surface area contributed by atoms with Crippen LogP contribution in [-0.4, -0.2) is 4.69 Å². The summed E-state index contributed by atoms with van der Waals surface area (Å²) in [6, 6.07) is 6.23. The Morgan fingerprint density at radius 3 is 2.64 bits per heavy atom. The normalized spacial score (nSPS) is 9.64. The summed E-state index contributed by atoms with van der Waals surface area (Å²) in [5.74, 6) is -0.333. The van der Waals surface area contributed by atoms with Gasteiger partial charge in [-0.1, -0.05) is 18.2 Å². The molecule has 3 heteroatoms. The van der Waals surface area contributed by atoms with Gasteiger partial charge in [0.1, 0.15) is 5.82 Å². The first-order valence-corrected chi connectivity index (χ1v) is 3.91.